The molecule has 0 aliphatic carbocycles. The summed E-state index contributed by atoms with van der Waals surface area (Å²) >= 11 is 0. The van der Waals surface area contributed by atoms with Crippen molar-refractivity contribution in [2.45, 2.75) is 65.1 Å². The lowest BCUT2D eigenvalue weighted by Crippen LogP contribution is -2.33. The Kier molecular flexibility index (Phi) is 7.58. The van der Waals surface area contributed by atoms with E-state index in [0.29, 0.717) is 32.4 Å². The van der Waals surface area contributed by atoms with Gasteiger partial charge in [-0.25, -0.2) is 4.68 Å². The molecule has 2 N–H and O–H groups in total. The molecule has 1 fully saturated rings. The van der Waals surface area contributed by atoms with Crippen LogP contribution in [0.1, 0.15) is 51.8 Å². The van der Waals surface area contributed by atoms with Crippen LogP contribution in [0.4, 0.5) is 0 Å². The van der Waals surface area contributed by atoms with Gasteiger partial charge in [-0.1, -0.05) is 13.8 Å². The molecule has 0 spiro atoms. The molecule has 0 bridgehead atoms. The Morgan fingerprint density at radius 2 is 2.17 bits per heavy atom. The van der Waals surface area contributed by atoms with Crippen LogP contribution in [0.15, 0.2) is 0 Å². The third-order valence-electron chi connectivity index (χ3n) is 4.63. The molecular weight excluding hydrogens is 308 g/mol. The van der Waals surface area contributed by atoms with E-state index in [4.69, 9.17) is 0 Å². The highest BCUT2D eigenvalue weighted by atomic mass is 16.3. The van der Waals surface area contributed by atoms with Gasteiger partial charge in [-0.3, -0.25) is 9.69 Å². The normalized spacial score (nSPS) is 17.8. The Morgan fingerprint density at radius 3 is 2.88 bits per heavy atom. The van der Waals surface area contributed by atoms with E-state index in [-0.39, 0.29) is 5.91 Å². The topological polar surface area (TPSA) is 96.2 Å². The molecule has 8 nitrogen and oxygen atoms in total. The standard InChI is InChI=1S/C16H30N6O2/c1-3-14(23)11-17-16(24)5-4-8-22-15(18-19-20-22)12-21-9-6-13(2)7-10-21/h13-14,23H,3-12H2,1-2H3,(H,17,24)/t14-/m1/s1. The van der Waals surface area contributed by atoms with E-state index in [1.165, 1.54) is 12.8 Å². The molecule has 1 aliphatic rings. The molecule has 136 valence electrons. The first-order chi connectivity index (χ1) is 11.6. The Labute approximate surface area is 143 Å². The monoisotopic (exact) mass is 338 g/mol. The minimum atomic E-state index is -0.465. The number of nitrogens with one attached hydrogen (secondary N) is 1. The lowest BCUT2D eigenvalue weighted by Gasteiger charge is -2.29. The molecule has 0 unspecified atom stereocenters. The van der Waals surface area contributed by atoms with Crippen LogP contribution < -0.4 is 5.32 Å². The van der Waals surface area contributed by atoms with Gasteiger partial charge in [-0.15, -0.1) is 5.10 Å². The maximum atomic E-state index is 11.7. The van der Waals surface area contributed by atoms with Crippen molar-refractivity contribution < 1.29 is 9.90 Å². The van der Waals surface area contributed by atoms with Crippen LogP contribution in [-0.4, -0.2) is 61.9 Å². The summed E-state index contributed by atoms with van der Waals surface area (Å²) in [6.45, 7) is 8.10. The second-order valence-corrected chi connectivity index (χ2v) is 6.75. The number of aliphatic hydroxyl groups excluding tert-OH is 1. The van der Waals surface area contributed by atoms with Gasteiger partial charge in [0, 0.05) is 19.5 Å². The SMILES string of the molecule is CC[C@@H](O)CNC(=O)CCCn1nnnc1CN1CCC(C)CC1. The van der Waals surface area contributed by atoms with Gasteiger partial charge < -0.3 is 10.4 Å². The number of hydrogen-bond donors (Lipinski definition) is 2. The number of tetrazole rings is 1. The summed E-state index contributed by atoms with van der Waals surface area (Å²) in [7, 11) is 0. The zero-order chi connectivity index (χ0) is 17.4. The van der Waals surface area contributed by atoms with Crippen LogP contribution in [0.5, 0.6) is 0 Å². The fourth-order valence-corrected chi connectivity index (χ4v) is 2.78. The zero-order valence-corrected chi connectivity index (χ0v) is 14.8. The molecule has 2 rings (SSSR count). The lowest BCUT2D eigenvalue weighted by molar-refractivity contribution is -0.121. The molecule has 1 saturated heterocycles. The van der Waals surface area contributed by atoms with Gasteiger partial charge in [0.15, 0.2) is 5.82 Å². The van der Waals surface area contributed by atoms with Crippen LogP contribution in [0.3, 0.4) is 0 Å². The number of nitrogens with zero attached hydrogens (tertiary/aromatic N) is 5. The van der Waals surface area contributed by atoms with Crippen molar-refractivity contribution in [2.75, 3.05) is 19.6 Å². The first-order valence-electron chi connectivity index (χ1n) is 9.00. The Morgan fingerprint density at radius 1 is 1.42 bits per heavy atom. The largest absolute Gasteiger partial charge is 0.391 e. The molecule has 1 aliphatic heterocycles. The summed E-state index contributed by atoms with van der Waals surface area (Å²) in [5, 5.41) is 24.1. The summed E-state index contributed by atoms with van der Waals surface area (Å²) in [4.78, 5) is 14.1. The predicted octanol–water partition coefficient (Wildman–Crippen LogP) is 0.572. The fraction of sp³-hybridized carbons (Fsp3) is 0.875. The molecule has 0 radical (unpaired) electrons. The number of rotatable bonds is 9. The first kappa shape index (κ1) is 18.8. The summed E-state index contributed by atoms with van der Waals surface area (Å²) in [6, 6.07) is 0. The summed E-state index contributed by atoms with van der Waals surface area (Å²) in [5.74, 6) is 1.63. The Bertz CT molecular complexity index is 499. The van der Waals surface area contributed by atoms with Crippen molar-refractivity contribution in [2.24, 2.45) is 5.92 Å². The van der Waals surface area contributed by atoms with Crippen molar-refractivity contribution in [1.82, 2.24) is 30.4 Å². The second-order valence-electron chi connectivity index (χ2n) is 6.75. The van der Waals surface area contributed by atoms with Gasteiger partial charge in [0.05, 0.1) is 12.6 Å². The minimum absolute atomic E-state index is 0.0397. The Balaban J connectivity index is 1.70. The number of likely N-dealkylation sites (tertiary alicyclic amines) is 1. The van der Waals surface area contributed by atoms with Crippen molar-refractivity contribution in [3.8, 4) is 0 Å². The average molecular weight is 338 g/mol. The van der Waals surface area contributed by atoms with E-state index in [1.807, 2.05) is 6.92 Å². The Hall–Kier alpha value is -1.54. The highest BCUT2D eigenvalue weighted by Gasteiger charge is 2.18. The second kappa shape index (κ2) is 9.68. The van der Waals surface area contributed by atoms with Gasteiger partial charge in [0.25, 0.3) is 0 Å². The third-order valence-corrected chi connectivity index (χ3v) is 4.63. The smallest absolute Gasteiger partial charge is 0.220 e. The van der Waals surface area contributed by atoms with E-state index in [9.17, 15) is 9.90 Å². The highest BCUT2D eigenvalue weighted by molar-refractivity contribution is 5.75. The van der Waals surface area contributed by atoms with Crippen molar-refractivity contribution in [1.29, 1.82) is 0 Å². The van der Waals surface area contributed by atoms with E-state index in [0.717, 1.165) is 31.4 Å². The molecular formula is C16H30N6O2. The van der Waals surface area contributed by atoms with Gasteiger partial charge in [-0.2, -0.15) is 0 Å². The predicted molar refractivity (Wildman–Crippen MR) is 90.0 cm³/mol. The molecule has 8 heteroatoms. The van der Waals surface area contributed by atoms with Gasteiger partial charge in [0.1, 0.15) is 0 Å². The van der Waals surface area contributed by atoms with Crippen LogP contribution in [0, 0.1) is 5.92 Å². The first-order valence-corrected chi connectivity index (χ1v) is 9.00. The molecule has 1 amide bonds. The fourth-order valence-electron chi connectivity index (χ4n) is 2.78. The average Bonchev–Trinajstić information content (AvgIpc) is 3.02. The maximum Gasteiger partial charge on any atom is 0.220 e. The number of hydrogen-bond acceptors (Lipinski definition) is 6. The van der Waals surface area contributed by atoms with Crippen molar-refractivity contribution >= 4 is 5.91 Å². The number of carbonyl (C=O) groups is 1. The van der Waals surface area contributed by atoms with Gasteiger partial charge in [-0.05, 0) is 55.1 Å². The van der Waals surface area contributed by atoms with Crippen molar-refractivity contribution in [3.63, 3.8) is 0 Å². The van der Waals surface area contributed by atoms with Crippen LogP contribution in [-0.2, 0) is 17.9 Å². The van der Waals surface area contributed by atoms with Crippen LogP contribution >= 0.6 is 0 Å². The zero-order valence-electron chi connectivity index (χ0n) is 14.8. The summed E-state index contributed by atoms with van der Waals surface area (Å²) in [5.41, 5.74) is 0. The summed E-state index contributed by atoms with van der Waals surface area (Å²) in [6.07, 6.45) is 3.73. The van der Waals surface area contributed by atoms with Crippen LogP contribution in [0.25, 0.3) is 0 Å². The molecule has 2 heterocycles. The van der Waals surface area contributed by atoms with Gasteiger partial charge >= 0.3 is 0 Å². The molecule has 1 aromatic heterocycles. The molecule has 1 atom stereocenters. The number of aryl methyl sites for hydroxylation is 1. The quantitative estimate of drug-likeness (QED) is 0.683. The molecule has 24 heavy (non-hydrogen) atoms. The highest BCUT2D eigenvalue weighted by Crippen LogP contribution is 2.17. The van der Waals surface area contributed by atoms with E-state index in [1.54, 1.807) is 4.68 Å². The number of aromatic nitrogens is 4. The van der Waals surface area contributed by atoms with Crippen LogP contribution in [0.2, 0.25) is 0 Å². The van der Waals surface area contributed by atoms with E-state index < -0.39 is 6.10 Å². The number of aliphatic hydroxyl groups is 1. The van der Waals surface area contributed by atoms with Gasteiger partial charge in [0.2, 0.25) is 5.91 Å². The number of carbonyl (C=O) groups excluding carboxylic acids is 1. The number of amides is 1. The molecule has 0 aromatic carbocycles. The van der Waals surface area contributed by atoms with E-state index in [2.05, 4.69) is 32.7 Å². The van der Waals surface area contributed by atoms with Crippen molar-refractivity contribution in [3.05, 3.63) is 5.82 Å². The molecule has 1 aromatic rings. The number of piperidine rings is 1. The maximum absolute atomic E-state index is 11.7. The summed E-state index contributed by atoms with van der Waals surface area (Å²) < 4.78 is 1.80. The molecule has 0 saturated carbocycles. The third kappa shape index (κ3) is 6.16. The lowest BCUT2D eigenvalue weighted by atomic mass is 9.99. The van der Waals surface area contributed by atoms with E-state index >= 15 is 0 Å². The minimum Gasteiger partial charge on any atom is -0.391 e.